The van der Waals surface area contributed by atoms with Crippen molar-refractivity contribution in [3.05, 3.63) is 29.3 Å². The molecule has 0 saturated heterocycles. The van der Waals surface area contributed by atoms with Crippen LogP contribution in [0.1, 0.15) is 18.1 Å². The molecule has 0 fully saturated rings. The van der Waals surface area contributed by atoms with E-state index in [4.69, 9.17) is 9.47 Å². The van der Waals surface area contributed by atoms with Gasteiger partial charge >= 0.3 is 0 Å². The van der Waals surface area contributed by atoms with Crippen molar-refractivity contribution >= 4 is 5.96 Å². The number of hydrogen-bond acceptors (Lipinski definition) is 3. The third-order valence-electron chi connectivity index (χ3n) is 3.07. The largest absolute Gasteiger partial charge is 0.491 e. The van der Waals surface area contributed by atoms with E-state index in [1.165, 1.54) is 0 Å². The maximum atomic E-state index is 5.84. The zero-order valence-corrected chi connectivity index (χ0v) is 13.7. The molecular weight excluding hydrogens is 266 g/mol. The fourth-order valence-corrected chi connectivity index (χ4v) is 2.07. The Morgan fingerprint density at radius 1 is 1.29 bits per heavy atom. The lowest BCUT2D eigenvalue weighted by atomic mass is 10.1. The SMILES string of the molecule is CN=C(NCCOc1c(C)cccc1C)NC(C)COC. The highest BCUT2D eigenvalue weighted by atomic mass is 16.5. The van der Waals surface area contributed by atoms with E-state index in [1.54, 1.807) is 14.2 Å². The van der Waals surface area contributed by atoms with Gasteiger partial charge in [-0.05, 0) is 31.9 Å². The van der Waals surface area contributed by atoms with Gasteiger partial charge in [0.05, 0.1) is 13.2 Å². The molecule has 1 aromatic carbocycles. The van der Waals surface area contributed by atoms with Crippen LogP contribution < -0.4 is 15.4 Å². The Kier molecular flexibility index (Phi) is 7.61. The molecule has 0 saturated carbocycles. The van der Waals surface area contributed by atoms with E-state index in [-0.39, 0.29) is 6.04 Å². The van der Waals surface area contributed by atoms with Crippen molar-refractivity contribution < 1.29 is 9.47 Å². The second-order valence-electron chi connectivity index (χ2n) is 5.07. The van der Waals surface area contributed by atoms with Gasteiger partial charge in [-0.25, -0.2) is 0 Å². The van der Waals surface area contributed by atoms with Crippen molar-refractivity contribution in [1.82, 2.24) is 10.6 Å². The average Bonchev–Trinajstić information content (AvgIpc) is 2.45. The number of ether oxygens (including phenoxy) is 2. The molecule has 2 N–H and O–H groups in total. The summed E-state index contributed by atoms with van der Waals surface area (Å²) in [6.07, 6.45) is 0. The van der Waals surface area contributed by atoms with Crippen molar-refractivity contribution in [2.45, 2.75) is 26.8 Å². The van der Waals surface area contributed by atoms with Gasteiger partial charge in [0, 0.05) is 20.2 Å². The van der Waals surface area contributed by atoms with Crippen LogP contribution in [0.15, 0.2) is 23.2 Å². The topological polar surface area (TPSA) is 54.9 Å². The van der Waals surface area contributed by atoms with Crippen LogP contribution in [0.4, 0.5) is 0 Å². The van der Waals surface area contributed by atoms with Gasteiger partial charge in [0.2, 0.25) is 0 Å². The number of aliphatic imine (C=N–C) groups is 1. The predicted octanol–water partition coefficient (Wildman–Crippen LogP) is 1.88. The van der Waals surface area contributed by atoms with Gasteiger partial charge in [0.25, 0.3) is 0 Å². The normalized spacial score (nSPS) is 12.9. The van der Waals surface area contributed by atoms with Crippen molar-refractivity contribution in [1.29, 1.82) is 0 Å². The molecule has 1 aromatic rings. The molecule has 1 unspecified atom stereocenters. The Bertz CT molecular complexity index is 441. The predicted molar refractivity (Wildman–Crippen MR) is 87.2 cm³/mol. The van der Waals surface area contributed by atoms with Gasteiger partial charge in [-0.1, -0.05) is 18.2 Å². The summed E-state index contributed by atoms with van der Waals surface area (Å²) in [5, 5.41) is 6.47. The average molecular weight is 293 g/mol. The quantitative estimate of drug-likeness (QED) is 0.458. The lowest BCUT2D eigenvalue weighted by molar-refractivity contribution is 0.179. The van der Waals surface area contributed by atoms with E-state index >= 15 is 0 Å². The number of para-hydroxylation sites is 1. The summed E-state index contributed by atoms with van der Waals surface area (Å²) in [5.74, 6) is 1.72. The summed E-state index contributed by atoms with van der Waals surface area (Å²) in [6, 6.07) is 6.37. The van der Waals surface area contributed by atoms with Gasteiger partial charge in [0.15, 0.2) is 5.96 Å². The zero-order chi connectivity index (χ0) is 15.7. The minimum Gasteiger partial charge on any atom is -0.491 e. The first kappa shape index (κ1) is 17.3. The molecule has 1 atom stereocenters. The van der Waals surface area contributed by atoms with Crippen molar-refractivity contribution in [2.24, 2.45) is 4.99 Å². The number of nitrogens with one attached hydrogen (secondary N) is 2. The number of guanidine groups is 1. The highest BCUT2D eigenvalue weighted by Gasteiger charge is 2.05. The van der Waals surface area contributed by atoms with Crippen molar-refractivity contribution in [2.75, 3.05) is 33.9 Å². The van der Waals surface area contributed by atoms with Gasteiger partial charge in [-0.2, -0.15) is 0 Å². The van der Waals surface area contributed by atoms with Gasteiger partial charge < -0.3 is 20.1 Å². The Morgan fingerprint density at radius 3 is 2.52 bits per heavy atom. The van der Waals surface area contributed by atoms with E-state index in [0.29, 0.717) is 19.8 Å². The highest BCUT2D eigenvalue weighted by molar-refractivity contribution is 5.79. The maximum absolute atomic E-state index is 5.84. The number of rotatable bonds is 7. The molecule has 5 heteroatoms. The molecule has 0 aliphatic carbocycles. The monoisotopic (exact) mass is 293 g/mol. The van der Waals surface area contributed by atoms with E-state index in [1.807, 2.05) is 13.0 Å². The fraction of sp³-hybridized carbons (Fsp3) is 0.562. The van der Waals surface area contributed by atoms with Crippen LogP contribution in [0.2, 0.25) is 0 Å². The number of nitrogens with zero attached hydrogens (tertiary/aromatic N) is 1. The molecule has 0 amide bonds. The molecule has 5 nitrogen and oxygen atoms in total. The standard InChI is InChI=1S/C16H27N3O2/c1-12-7-6-8-13(2)15(12)21-10-9-18-16(17-4)19-14(3)11-20-5/h6-8,14H,9-11H2,1-5H3,(H2,17,18,19). The van der Waals surface area contributed by atoms with Crippen molar-refractivity contribution in [3.8, 4) is 5.75 Å². The summed E-state index contributed by atoms with van der Waals surface area (Å²) in [6.45, 7) is 8.08. The van der Waals surface area contributed by atoms with Crippen molar-refractivity contribution in [3.63, 3.8) is 0 Å². The van der Waals surface area contributed by atoms with E-state index in [2.05, 4.69) is 41.6 Å². The Labute approximate surface area is 127 Å². The second kappa shape index (κ2) is 9.23. The first-order valence-corrected chi connectivity index (χ1v) is 7.23. The molecule has 21 heavy (non-hydrogen) atoms. The fourth-order valence-electron chi connectivity index (χ4n) is 2.07. The number of hydrogen-bond donors (Lipinski definition) is 2. The maximum Gasteiger partial charge on any atom is 0.191 e. The Morgan fingerprint density at radius 2 is 1.95 bits per heavy atom. The molecule has 0 aliphatic heterocycles. The third kappa shape index (κ3) is 6.04. The Balaban J connectivity index is 2.36. The smallest absolute Gasteiger partial charge is 0.191 e. The van der Waals surface area contributed by atoms with Gasteiger partial charge in [-0.15, -0.1) is 0 Å². The van der Waals surface area contributed by atoms with Gasteiger partial charge in [0.1, 0.15) is 12.4 Å². The third-order valence-corrected chi connectivity index (χ3v) is 3.07. The van der Waals surface area contributed by atoms with Crippen LogP contribution >= 0.6 is 0 Å². The van der Waals surface area contributed by atoms with Crippen LogP contribution in [0.3, 0.4) is 0 Å². The first-order chi connectivity index (χ1) is 10.1. The number of benzene rings is 1. The Hall–Kier alpha value is -1.75. The summed E-state index contributed by atoms with van der Waals surface area (Å²) < 4.78 is 10.9. The molecular formula is C16H27N3O2. The van der Waals surface area contributed by atoms with E-state index in [0.717, 1.165) is 22.8 Å². The lowest BCUT2D eigenvalue weighted by Gasteiger charge is -2.18. The van der Waals surface area contributed by atoms with Crippen LogP contribution in [-0.2, 0) is 4.74 Å². The highest BCUT2D eigenvalue weighted by Crippen LogP contribution is 2.21. The molecule has 0 aromatic heterocycles. The minimum absolute atomic E-state index is 0.209. The van der Waals surface area contributed by atoms with Crippen LogP contribution in [-0.4, -0.2) is 45.9 Å². The summed E-state index contributed by atoms with van der Waals surface area (Å²) in [7, 11) is 3.44. The minimum atomic E-state index is 0.209. The van der Waals surface area contributed by atoms with E-state index < -0.39 is 0 Å². The zero-order valence-electron chi connectivity index (χ0n) is 13.7. The number of methoxy groups -OCH3 is 1. The van der Waals surface area contributed by atoms with Crippen LogP contribution in [0, 0.1) is 13.8 Å². The first-order valence-electron chi connectivity index (χ1n) is 7.23. The lowest BCUT2D eigenvalue weighted by Crippen LogP contribution is -2.45. The molecule has 0 bridgehead atoms. The van der Waals surface area contributed by atoms with Crippen LogP contribution in [0.25, 0.3) is 0 Å². The summed E-state index contributed by atoms with van der Waals surface area (Å²) in [5.41, 5.74) is 2.32. The molecule has 1 rings (SSSR count). The molecule has 0 radical (unpaired) electrons. The summed E-state index contributed by atoms with van der Waals surface area (Å²) in [4.78, 5) is 4.17. The molecule has 0 spiro atoms. The van der Waals surface area contributed by atoms with E-state index in [9.17, 15) is 0 Å². The molecule has 0 aliphatic rings. The molecule has 0 heterocycles. The van der Waals surface area contributed by atoms with Gasteiger partial charge in [-0.3, -0.25) is 4.99 Å². The number of aryl methyl sites for hydroxylation is 2. The summed E-state index contributed by atoms with van der Waals surface area (Å²) >= 11 is 0. The molecule has 118 valence electrons. The van der Waals surface area contributed by atoms with Crippen LogP contribution in [0.5, 0.6) is 5.75 Å². The second-order valence-corrected chi connectivity index (χ2v) is 5.07.